The fraction of sp³-hybridized carbons (Fsp3) is 0.391. The van der Waals surface area contributed by atoms with Gasteiger partial charge in [0.25, 0.3) is 0 Å². The van der Waals surface area contributed by atoms with Crippen LogP contribution in [0.3, 0.4) is 0 Å². The minimum absolute atomic E-state index is 0.0568. The second-order valence-corrected chi connectivity index (χ2v) is 8.74. The van der Waals surface area contributed by atoms with E-state index in [0.29, 0.717) is 0 Å². The topological polar surface area (TPSA) is 137 Å². The van der Waals surface area contributed by atoms with Gasteiger partial charge in [-0.05, 0) is 12.0 Å². The molecule has 3 aliphatic rings. The number of carbonyl (C=O) groups excluding carboxylic acids is 4. The number of benzene rings is 1. The molecule has 0 bridgehead atoms. The molecule has 1 saturated heterocycles. The molecule has 1 fully saturated rings. The summed E-state index contributed by atoms with van der Waals surface area (Å²) in [6.07, 6.45) is -3.12. The SMILES string of the molecule is CC(C)[C@]1(N)C(=O)OOCCN1NC1=C(OC(=O)C(F)(F)F)C=CC2C(=O)c3ccccc3C(=O)C12. The number of ketones is 2. The van der Waals surface area contributed by atoms with Crippen molar-refractivity contribution in [2.24, 2.45) is 23.5 Å². The minimum atomic E-state index is -5.34. The van der Waals surface area contributed by atoms with Crippen molar-refractivity contribution in [2.75, 3.05) is 13.2 Å². The van der Waals surface area contributed by atoms with E-state index in [1.54, 1.807) is 19.9 Å². The third kappa shape index (κ3) is 4.18. The number of hydrogen-bond acceptors (Lipinski definition) is 10. The van der Waals surface area contributed by atoms with Crippen LogP contribution >= 0.6 is 0 Å². The number of nitrogens with one attached hydrogen (secondary N) is 1. The first-order valence-electron chi connectivity index (χ1n) is 10.9. The maximum absolute atomic E-state index is 13.5. The zero-order valence-electron chi connectivity index (χ0n) is 19.1. The number of allylic oxidation sites excluding steroid dienone is 3. The third-order valence-electron chi connectivity index (χ3n) is 6.31. The molecule has 0 saturated carbocycles. The zero-order chi connectivity index (χ0) is 26.4. The summed E-state index contributed by atoms with van der Waals surface area (Å²) in [6, 6.07) is 6.01. The van der Waals surface area contributed by atoms with Gasteiger partial charge in [0, 0.05) is 17.7 Å². The molecule has 0 amide bonds. The first kappa shape index (κ1) is 25.5. The molecule has 0 aromatic heterocycles. The maximum atomic E-state index is 13.5. The number of esters is 1. The average Bonchev–Trinajstić information content (AvgIpc) is 2.97. The number of ether oxygens (including phenoxy) is 1. The van der Waals surface area contributed by atoms with Gasteiger partial charge in [-0.2, -0.15) is 23.1 Å². The fourth-order valence-electron chi connectivity index (χ4n) is 4.32. The number of fused-ring (bicyclic) bond motifs is 2. The van der Waals surface area contributed by atoms with Gasteiger partial charge < -0.3 is 15.9 Å². The molecular formula is C23H22F3N3O7. The van der Waals surface area contributed by atoms with Gasteiger partial charge in [-0.1, -0.05) is 44.2 Å². The van der Waals surface area contributed by atoms with Crippen LogP contribution in [-0.2, 0) is 24.1 Å². The molecule has 4 rings (SSSR count). The summed E-state index contributed by atoms with van der Waals surface area (Å²) in [4.78, 5) is 60.5. The molecule has 3 atom stereocenters. The van der Waals surface area contributed by atoms with Gasteiger partial charge in [0.15, 0.2) is 23.0 Å². The first-order chi connectivity index (χ1) is 16.9. The van der Waals surface area contributed by atoms with E-state index >= 15 is 0 Å². The molecule has 2 unspecified atom stereocenters. The molecule has 192 valence electrons. The Balaban J connectivity index is 1.84. The monoisotopic (exact) mass is 509 g/mol. The lowest BCUT2D eigenvalue weighted by atomic mass is 9.70. The molecule has 36 heavy (non-hydrogen) atoms. The lowest BCUT2D eigenvalue weighted by Gasteiger charge is -2.42. The van der Waals surface area contributed by atoms with Crippen LogP contribution in [-0.4, -0.2) is 53.5 Å². The van der Waals surface area contributed by atoms with Crippen LogP contribution in [0, 0.1) is 17.8 Å². The van der Waals surface area contributed by atoms with Crippen LogP contribution < -0.4 is 11.2 Å². The Morgan fingerprint density at radius 3 is 2.44 bits per heavy atom. The Labute approximate surface area is 202 Å². The molecule has 1 aliphatic heterocycles. The number of nitrogens with two attached hydrogens (primary N) is 1. The fourth-order valence-corrected chi connectivity index (χ4v) is 4.32. The molecule has 1 aromatic rings. The number of Topliss-reactive ketones (excluding diaryl/α,β-unsaturated/α-hetero) is 2. The number of hydrogen-bond donors (Lipinski definition) is 2. The van der Waals surface area contributed by atoms with Gasteiger partial charge in [0.05, 0.1) is 17.5 Å². The molecular weight excluding hydrogens is 487 g/mol. The van der Waals surface area contributed by atoms with Crippen molar-refractivity contribution in [1.29, 1.82) is 0 Å². The summed E-state index contributed by atoms with van der Waals surface area (Å²) in [6.45, 7) is 2.88. The minimum Gasteiger partial charge on any atom is -0.418 e. The van der Waals surface area contributed by atoms with Crippen molar-refractivity contribution in [3.05, 3.63) is 59.0 Å². The number of alkyl halides is 3. The van der Waals surface area contributed by atoms with Crippen molar-refractivity contribution in [2.45, 2.75) is 25.7 Å². The zero-order valence-corrected chi connectivity index (χ0v) is 19.1. The standard InChI is InChI=1S/C23H22F3N3O7/c1-11(2)22(27)20(32)36-34-10-9-29(22)28-17-15(35-21(33)23(24,25)26)8-7-14-16(17)19(31)13-6-4-3-5-12(13)18(14)30/h3-8,11,14,16,28H,9-10,27H2,1-2H3/t14?,16?,22-/m1/s1. The Kier molecular flexibility index (Phi) is 6.49. The molecule has 2 aliphatic carbocycles. The van der Waals surface area contributed by atoms with E-state index in [1.165, 1.54) is 24.3 Å². The van der Waals surface area contributed by atoms with E-state index in [9.17, 15) is 32.3 Å². The lowest BCUT2D eigenvalue weighted by Crippen LogP contribution is -2.69. The summed E-state index contributed by atoms with van der Waals surface area (Å²) in [5.41, 5.74) is 7.06. The quantitative estimate of drug-likeness (QED) is 0.457. The van der Waals surface area contributed by atoms with Crippen LogP contribution in [0.5, 0.6) is 0 Å². The Hall–Kier alpha value is -3.55. The largest absolute Gasteiger partial charge is 0.491 e. The number of carbonyl (C=O) groups is 4. The Bertz CT molecular complexity index is 1190. The molecule has 1 aromatic carbocycles. The Morgan fingerprint density at radius 1 is 1.19 bits per heavy atom. The number of halogens is 3. The van der Waals surface area contributed by atoms with Gasteiger partial charge in [0.2, 0.25) is 0 Å². The molecule has 0 spiro atoms. The third-order valence-corrected chi connectivity index (χ3v) is 6.31. The summed E-state index contributed by atoms with van der Waals surface area (Å²) in [5, 5.41) is 1.14. The van der Waals surface area contributed by atoms with E-state index in [0.717, 1.165) is 11.1 Å². The van der Waals surface area contributed by atoms with E-state index in [4.69, 9.17) is 15.5 Å². The highest BCUT2D eigenvalue weighted by Crippen LogP contribution is 2.40. The van der Waals surface area contributed by atoms with Gasteiger partial charge in [0.1, 0.15) is 6.61 Å². The van der Waals surface area contributed by atoms with E-state index in [1.807, 2.05) is 0 Å². The summed E-state index contributed by atoms with van der Waals surface area (Å²) < 4.78 is 43.7. The van der Waals surface area contributed by atoms with Crippen molar-refractivity contribution >= 4 is 23.5 Å². The maximum Gasteiger partial charge on any atom is 0.491 e. The molecule has 0 radical (unpaired) electrons. The van der Waals surface area contributed by atoms with Gasteiger partial charge in [-0.15, -0.1) is 0 Å². The second kappa shape index (κ2) is 9.15. The van der Waals surface area contributed by atoms with Crippen LogP contribution in [0.4, 0.5) is 13.2 Å². The highest BCUT2D eigenvalue weighted by atomic mass is 19.4. The molecule has 3 N–H and O–H groups in total. The molecule has 1 heterocycles. The summed E-state index contributed by atoms with van der Waals surface area (Å²) in [5.74, 6) is -8.34. The van der Waals surface area contributed by atoms with Crippen molar-refractivity contribution in [1.82, 2.24) is 10.4 Å². The smallest absolute Gasteiger partial charge is 0.418 e. The number of hydrazine groups is 1. The van der Waals surface area contributed by atoms with Crippen LogP contribution in [0.2, 0.25) is 0 Å². The predicted octanol–water partition coefficient (Wildman–Crippen LogP) is 1.79. The van der Waals surface area contributed by atoms with Gasteiger partial charge in [-0.3, -0.25) is 14.5 Å². The molecule has 10 nitrogen and oxygen atoms in total. The summed E-state index contributed by atoms with van der Waals surface area (Å²) >= 11 is 0. The van der Waals surface area contributed by atoms with Gasteiger partial charge >= 0.3 is 18.1 Å². The predicted molar refractivity (Wildman–Crippen MR) is 114 cm³/mol. The average molecular weight is 509 g/mol. The van der Waals surface area contributed by atoms with Crippen molar-refractivity contribution < 1.29 is 46.9 Å². The highest BCUT2D eigenvalue weighted by Gasteiger charge is 2.51. The van der Waals surface area contributed by atoms with Crippen LogP contribution in [0.1, 0.15) is 34.6 Å². The van der Waals surface area contributed by atoms with Crippen molar-refractivity contribution in [3.8, 4) is 0 Å². The number of nitrogens with zero attached hydrogens (tertiary/aromatic N) is 1. The van der Waals surface area contributed by atoms with Crippen molar-refractivity contribution in [3.63, 3.8) is 0 Å². The summed E-state index contributed by atoms with van der Waals surface area (Å²) in [7, 11) is 0. The van der Waals surface area contributed by atoms with Crippen LogP contribution in [0.15, 0.2) is 47.9 Å². The first-order valence-corrected chi connectivity index (χ1v) is 10.9. The van der Waals surface area contributed by atoms with E-state index < -0.39 is 58.9 Å². The van der Waals surface area contributed by atoms with Crippen LogP contribution in [0.25, 0.3) is 0 Å². The highest BCUT2D eigenvalue weighted by molar-refractivity contribution is 6.17. The normalized spacial score (nSPS) is 26.8. The second-order valence-electron chi connectivity index (χ2n) is 8.74. The Morgan fingerprint density at radius 2 is 1.83 bits per heavy atom. The van der Waals surface area contributed by atoms with E-state index in [2.05, 4.69) is 10.2 Å². The van der Waals surface area contributed by atoms with Gasteiger partial charge in [-0.25, -0.2) is 9.59 Å². The lowest BCUT2D eigenvalue weighted by molar-refractivity contribution is -0.270. The molecule has 13 heteroatoms. The van der Waals surface area contributed by atoms with E-state index in [-0.39, 0.29) is 30.0 Å². The number of rotatable bonds is 4.